The van der Waals surface area contributed by atoms with Gasteiger partial charge >= 0.3 is 0 Å². The maximum atomic E-state index is 9.73. The summed E-state index contributed by atoms with van der Waals surface area (Å²) in [6.45, 7) is 5.34. The lowest BCUT2D eigenvalue weighted by atomic mass is 9.88. The highest BCUT2D eigenvalue weighted by atomic mass is 16.5. The van der Waals surface area contributed by atoms with Crippen molar-refractivity contribution in [3.63, 3.8) is 0 Å². The molecule has 2 saturated heterocycles. The Bertz CT molecular complexity index is 710. The lowest BCUT2D eigenvalue weighted by Crippen LogP contribution is -2.44. The minimum absolute atomic E-state index is 0.0833. The van der Waals surface area contributed by atoms with Crippen LogP contribution in [-0.2, 0) is 11.3 Å². The predicted molar refractivity (Wildman–Crippen MR) is 88.1 cm³/mol. The molecular formula is C18H23N3O2. The number of aromatic nitrogens is 2. The fraction of sp³-hybridized carbons (Fsp3) is 0.556. The normalized spacial score (nSPS) is 24.5. The third-order valence-corrected chi connectivity index (χ3v) is 5.17. The Morgan fingerprint density at radius 1 is 1.22 bits per heavy atom. The molecular weight excluding hydrogens is 290 g/mol. The first-order valence-electron chi connectivity index (χ1n) is 8.40. The number of aryl methyl sites for hydroxylation is 1. The van der Waals surface area contributed by atoms with Crippen molar-refractivity contribution < 1.29 is 9.84 Å². The lowest BCUT2D eigenvalue weighted by molar-refractivity contribution is -0.0458. The average molecular weight is 313 g/mol. The highest BCUT2D eigenvalue weighted by molar-refractivity contribution is 5.74. The van der Waals surface area contributed by atoms with Crippen molar-refractivity contribution in [2.45, 2.75) is 44.4 Å². The van der Waals surface area contributed by atoms with Gasteiger partial charge in [0.15, 0.2) is 0 Å². The van der Waals surface area contributed by atoms with Gasteiger partial charge in [-0.25, -0.2) is 9.97 Å². The third-order valence-electron chi connectivity index (χ3n) is 5.17. The summed E-state index contributed by atoms with van der Waals surface area (Å²) in [5.74, 6) is 0. The number of benzene rings is 1. The van der Waals surface area contributed by atoms with Gasteiger partial charge in [-0.2, -0.15) is 0 Å². The monoisotopic (exact) mass is 313 g/mol. The molecule has 4 rings (SSSR count). The van der Waals surface area contributed by atoms with Gasteiger partial charge in [-0.3, -0.25) is 4.90 Å². The largest absolute Gasteiger partial charge is 0.391 e. The van der Waals surface area contributed by atoms with Gasteiger partial charge in [0.05, 0.1) is 40.7 Å². The number of aliphatic hydroxyl groups excluding tert-OH is 1. The third kappa shape index (κ3) is 2.96. The van der Waals surface area contributed by atoms with Crippen LogP contribution in [0.5, 0.6) is 0 Å². The molecule has 5 heteroatoms. The van der Waals surface area contributed by atoms with E-state index >= 15 is 0 Å². The molecule has 1 N–H and O–H groups in total. The number of hydrogen-bond acceptors (Lipinski definition) is 5. The smallest absolute Gasteiger partial charge is 0.0890 e. The number of hydrogen-bond donors (Lipinski definition) is 1. The molecule has 1 unspecified atom stereocenters. The first kappa shape index (κ1) is 15.0. The van der Waals surface area contributed by atoms with Crippen LogP contribution >= 0.6 is 0 Å². The van der Waals surface area contributed by atoms with Crippen molar-refractivity contribution in [2.75, 3.05) is 19.7 Å². The zero-order valence-corrected chi connectivity index (χ0v) is 13.5. The number of likely N-dealkylation sites (tertiary alicyclic amines) is 1. The van der Waals surface area contributed by atoms with E-state index in [4.69, 9.17) is 9.72 Å². The lowest BCUT2D eigenvalue weighted by Gasteiger charge is -2.38. The predicted octanol–water partition coefficient (Wildman–Crippen LogP) is 2.05. The molecule has 1 aromatic heterocycles. The van der Waals surface area contributed by atoms with E-state index in [0.717, 1.165) is 61.3 Å². The quantitative estimate of drug-likeness (QED) is 0.919. The molecule has 1 spiro atoms. The van der Waals surface area contributed by atoms with Gasteiger partial charge in [0.25, 0.3) is 0 Å². The second kappa shape index (κ2) is 5.82. The molecule has 0 radical (unpaired) electrons. The van der Waals surface area contributed by atoms with Crippen molar-refractivity contribution in [1.29, 1.82) is 0 Å². The fourth-order valence-corrected chi connectivity index (χ4v) is 3.77. The Balaban J connectivity index is 1.46. The molecule has 2 fully saturated rings. The summed E-state index contributed by atoms with van der Waals surface area (Å²) in [4.78, 5) is 11.9. The molecule has 0 aliphatic carbocycles. The first-order valence-corrected chi connectivity index (χ1v) is 8.40. The van der Waals surface area contributed by atoms with Crippen molar-refractivity contribution in [1.82, 2.24) is 14.9 Å². The molecule has 1 aromatic carbocycles. The topological polar surface area (TPSA) is 58.5 Å². The van der Waals surface area contributed by atoms with Crippen LogP contribution in [0, 0.1) is 6.92 Å². The summed E-state index contributed by atoms with van der Waals surface area (Å²) < 4.78 is 5.87. The first-order chi connectivity index (χ1) is 11.1. The Morgan fingerprint density at radius 3 is 2.57 bits per heavy atom. The highest BCUT2D eigenvalue weighted by Gasteiger charge is 2.42. The second-order valence-corrected chi connectivity index (χ2v) is 6.87. The van der Waals surface area contributed by atoms with Gasteiger partial charge in [0.1, 0.15) is 0 Å². The van der Waals surface area contributed by atoms with Crippen LogP contribution < -0.4 is 0 Å². The van der Waals surface area contributed by atoms with Gasteiger partial charge in [-0.1, -0.05) is 12.1 Å². The van der Waals surface area contributed by atoms with E-state index in [-0.39, 0.29) is 11.7 Å². The Hall–Kier alpha value is -1.56. The van der Waals surface area contributed by atoms with Crippen LogP contribution in [-0.4, -0.2) is 51.4 Å². The molecule has 2 aliphatic heterocycles. The summed E-state index contributed by atoms with van der Waals surface area (Å²) in [5, 5.41) is 9.73. The van der Waals surface area contributed by atoms with Crippen LogP contribution in [0.15, 0.2) is 24.3 Å². The molecule has 1 atom stereocenters. The zero-order chi connectivity index (χ0) is 15.9. The SMILES string of the molecule is Cc1nc2ccccc2nc1CN1CCC2(CC1)CC(O)CO2. The number of nitrogens with zero attached hydrogens (tertiary/aromatic N) is 3. The van der Waals surface area contributed by atoms with Crippen LogP contribution in [0.3, 0.4) is 0 Å². The number of ether oxygens (including phenoxy) is 1. The van der Waals surface area contributed by atoms with Crippen LogP contribution in [0.1, 0.15) is 30.7 Å². The number of rotatable bonds is 2. The summed E-state index contributed by atoms with van der Waals surface area (Å²) in [6, 6.07) is 8.02. The number of aliphatic hydroxyl groups is 1. The van der Waals surface area contributed by atoms with Gasteiger partial charge < -0.3 is 9.84 Å². The van der Waals surface area contributed by atoms with Crippen LogP contribution in [0.2, 0.25) is 0 Å². The summed E-state index contributed by atoms with van der Waals surface area (Å²) in [5.41, 5.74) is 3.91. The maximum Gasteiger partial charge on any atom is 0.0890 e. The molecule has 2 aromatic rings. The Labute approximate surface area is 136 Å². The van der Waals surface area contributed by atoms with Crippen molar-refractivity contribution in [3.8, 4) is 0 Å². The number of piperidine rings is 1. The number of fused-ring (bicyclic) bond motifs is 1. The molecule has 23 heavy (non-hydrogen) atoms. The van der Waals surface area contributed by atoms with Gasteiger partial charge in [-0.05, 0) is 31.9 Å². The molecule has 122 valence electrons. The maximum absolute atomic E-state index is 9.73. The van der Waals surface area contributed by atoms with E-state index in [0.29, 0.717) is 6.61 Å². The van der Waals surface area contributed by atoms with Crippen molar-refractivity contribution in [3.05, 3.63) is 35.7 Å². The van der Waals surface area contributed by atoms with Crippen molar-refractivity contribution >= 4 is 11.0 Å². The molecule has 3 heterocycles. The molecule has 0 saturated carbocycles. The van der Waals surface area contributed by atoms with E-state index in [2.05, 4.69) is 9.88 Å². The van der Waals surface area contributed by atoms with Crippen LogP contribution in [0.4, 0.5) is 0 Å². The number of para-hydroxylation sites is 2. The summed E-state index contributed by atoms with van der Waals surface area (Å²) >= 11 is 0. The fourth-order valence-electron chi connectivity index (χ4n) is 3.77. The average Bonchev–Trinajstić information content (AvgIpc) is 2.91. The van der Waals surface area contributed by atoms with Gasteiger partial charge in [0.2, 0.25) is 0 Å². The van der Waals surface area contributed by atoms with E-state index in [1.165, 1.54) is 0 Å². The van der Waals surface area contributed by atoms with E-state index in [9.17, 15) is 5.11 Å². The molecule has 0 bridgehead atoms. The minimum Gasteiger partial charge on any atom is -0.391 e. The minimum atomic E-state index is -0.282. The highest BCUT2D eigenvalue weighted by Crippen LogP contribution is 2.36. The molecule has 2 aliphatic rings. The van der Waals surface area contributed by atoms with E-state index < -0.39 is 0 Å². The summed E-state index contributed by atoms with van der Waals surface area (Å²) in [6.07, 6.45) is 2.49. The molecule has 0 amide bonds. The summed E-state index contributed by atoms with van der Waals surface area (Å²) in [7, 11) is 0. The van der Waals surface area contributed by atoms with Gasteiger partial charge in [-0.15, -0.1) is 0 Å². The standard InChI is InChI=1S/C18H23N3O2/c1-13-17(20-16-5-3-2-4-15(16)19-13)11-21-8-6-18(7-9-21)10-14(22)12-23-18/h2-5,14,22H,6-12H2,1H3. The zero-order valence-electron chi connectivity index (χ0n) is 13.5. The van der Waals surface area contributed by atoms with Crippen LogP contribution in [0.25, 0.3) is 11.0 Å². The Kier molecular flexibility index (Phi) is 3.79. The van der Waals surface area contributed by atoms with Crippen molar-refractivity contribution in [2.24, 2.45) is 0 Å². The van der Waals surface area contributed by atoms with E-state index in [1.807, 2.05) is 31.2 Å². The van der Waals surface area contributed by atoms with Gasteiger partial charge in [0, 0.05) is 26.1 Å². The van der Waals surface area contributed by atoms with E-state index in [1.54, 1.807) is 0 Å². The molecule has 5 nitrogen and oxygen atoms in total. The second-order valence-electron chi connectivity index (χ2n) is 6.87. The Morgan fingerprint density at radius 2 is 1.91 bits per heavy atom.